The molecule has 2 aromatic heterocycles. The topological polar surface area (TPSA) is 97.6 Å². The normalized spacial score (nSPS) is 24.6. The second kappa shape index (κ2) is 6.67. The van der Waals surface area contributed by atoms with Crippen LogP contribution in [0.5, 0.6) is 0 Å². The van der Waals surface area contributed by atoms with Gasteiger partial charge in [-0.15, -0.1) is 11.3 Å². The number of thiophene rings is 1. The summed E-state index contributed by atoms with van der Waals surface area (Å²) in [5, 5.41) is 3.80. The Morgan fingerprint density at radius 3 is 2.76 bits per heavy atom. The molecule has 1 aromatic carbocycles. The molecule has 7 nitrogen and oxygen atoms in total. The fourth-order valence-corrected chi connectivity index (χ4v) is 6.15. The van der Waals surface area contributed by atoms with E-state index in [1.807, 2.05) is 24.3 Å². The van der Waals surface area contributed by atoms with Gasteiger partial charge in [0.15, 0.2) is 5.82 Å². The van der Waals surface area contributed by atoms with Gasteiger partial charge >= 0.3 is 0 Å². The molecule has 1 unspecified atom stereocenters. The molecular formula is C19H20FN5O2S2. The summed E-state index contributed by atoms with van der Waals surface area (Å²) in [6, 6.07) is 8.89. The molecular weight excluding hydrogens is 413 g/mol. The molecule has 152 valence electrons. The lowest BCUT2D eigenvalue weighted by atomic mass is 10.0. The van der Waals surface area contributed by atoms with Crippen molar-refractivity contribution in [1.82, 2.24) is 14.4 Å². The molecule has 29 heavy (non-hydrogen) atoms. The molecule has 2 N–H and O–H groups in total. The smallest absolute Gasteiger partial charge is 0.257 e. The zero-order valence-electron chi connectivity index (χ0n) is 16.2. The first kappa shape index (κ1) is 19.6. The lowest BCUT2D eigenvalue weighted by molar-refractivity contribution is 0.425. The van der Waals surface area contributed by atoms with Crippen molar-refractivity contribution in [1.29, 1.82) is 0 Å². The Kier molecular flexibility index (Phi) is 4.50. The number of nitrogens with zero attached hydrogens (tertiary/aromatic N) is 4. The molecule has 0 spiro atoms. The molecule has 0 aliphatic carbocycles. The molecule has 3 heterocycles. The Morgan fingerprint density at radius 1 is 1.38 bits per heavy atom. The zero-order chi connectivity index (χ0) is 21.0. The van der Waals surface area contributed by atoms with Crippen molar-refractivity contribution in [3.8, 4) is 21.9 Å². The van der Waals surface area contributed by atoms with Crippen LogP contribution in [0.25, 0.3) is 21.9 Å². The first-order valence-corrected chi connectivity index (χ1v) is 11.4. The minimum atomic E-state index is -2.69. The van der Waals surface area contributed by atoms with E-state index in [1.165, 1.54) is 21.7 Å². The van der Waals surface area contributed by atoms with Crippen molar-refractivity contribution in [2.24, 2.45) is 10.7 Å². The van der Waals surface area contributed by atoms with Gasteiger partial charge in [-0.05, 0) is 43.5 Å². The Morgan fingerprint density at radius 2 is 2.10 bits per heavy atom. The summed E-state index contributed by atoms with van der Waals surface area (Å²) in [6.07, 6.45) is 0. The van der Waals surface area contributed by atoms with Crippen LogP contribution < -0.4 is 5.73 Å². The van der Waals surface area contributed by atoms with Gasteiger partial charge in [-0.2, -0.15) is 4.98 Å². The highest BCUT2D eigenvalue weighted by atomic mass is 32.2. The Bertz CT molecular complexity index is 1230. The highest BCUT2D eigenvalue weighted by Crippen LogP contribution is 2.41. The standard InChI is InChI=1S/C19H20FN5O2S2/c1-11-22-17(27-24-11)13-7-5-6-12(8-13)15-9-14(20)16(28-15)19(2)10-29(4,26)25(3)18(21)23-19/h5-9H,4,10H2,1-3H3,(H2,21,23)/t19-,29?/m0/s1. The maximum atomic E-state index is 15.0. The van der Waals surface area contributed by atoms with E-state index < -0.39 is 21.1 Å². The summed E-state index contributed by atoms with van der Waals surface area (Å²) in [5.74, 6) is 4.47. The predicted octanol–water partition coefficient (Wildman–Crippen LogP) is 3.02. The summed E-state index contributed by atoms with van der Waals surface area (Å²) in [7, 11) is -1.11. The van der Waals surface area contributed by atoms with Gasteiger partial charge in [0, 0.05) is 17.5 Å². The van der Waals surface area contributed by atoms with Crippen molar-refractivity contribution in [3.05, 3.63) is 46.9 Å². The highest BCUT2D eigenvalue weighted by Gasteiger charge is 2.40. The lowest BCUT2D eigenvalue weighted by Gasteiger charge is -2.36. The third kappa shape index (κ3) is 3.42. The van der Waals surface area contributed by atoms with Crippen molar-refractivity contribution in [3.63, 3.8) is 0 Å². The first-order chi connectivity index (χ1) is 13.6. The molecule has 0 radical (unpaired) electrons. The van der Waals surface area contributed by atoms with Crippen LogP contribution in [0.15, 0.2) is 39.8 Å². The summed E-state index contributed by atoms with van der Waals surface area (Å²) in [5.41, 5.74) is 6.43. The third-order valence-electron chi connectivity index (χ3n) is 4.79. The van der Waals surface area contributed by atoms with Crippen LogP contribution in [-0.2, 0) is 15.2 Å². The lowest BCUT2D eigenvalue weighted by Crippen LogP contribution is -2.50. The maximum absolute atomic E-state index is 15.0. The largest absolute Gasteiger partial charge is 0.369 e. The van der Waals surface area contributed by atoms with Crippen LogP contribution in [0.2, 0.25) is 0 Å². The Balaban J connectivity index is 1.76. The van der Waals surface area contributed by atoms with E-state index in [1.54, 1.807) is 20.9 Å². The Hall–Kier alpha value is -2.72. The van der Waals surface area contributed by atoms with Crippen LogP contribution in [-0.4, -0.2) is 43.3 Å². The quantitative estimate of drug-likeness (QED) is 0.641. The molecule has 0 fully saturated rings. The molecule has 0 saturated heterocycles. The molecule has 0 amide bonds. The average molecular weight is 434 g/mol. The summed E-state index contributed by atoms with van der Waals surface area (Å²) < 4.78 is 34.4. The number of nitrogens with two attached hydrogens (primary N) is 1. The van der Waals surface area contributed by atoms with Crippen molar-refractivity contribution < 1.29 is 13.1 Å². The van der Waals surface area contributed by atoms with Crippen molar-refractivity contribution in [2.75, 3.05) is 12.8 Å². The monoisotopic (exact) mass is 433 g/mol. The number of benzene rings is 1. The second-order valence-corrected chi connectivity index (χ2v) is 10.6. The zero-order valence-corrected chi connectivity index (χ0v) is 17.8. The summed E-state index contributed by atoms with van der Waals surface area (Å²) in [4.78, 5) is 9.75. The second-order valence-electron chi connectivity index (χ2n) is 7.17. The van der Waals surface area contributed by atoms with Gasteiger partial charge in [-0.25, -0.2) is 13.6 Å². The van der Waals surface area contributed by atoms with Crippen LogP contribution in [0.1, 0.15) is 17.6 Å². The van der Waals surface area contributed by atoms with E-state index in [2.05, 4.69) is 21.0 Å². The minimum absolute atomic E-state index is 0.0787. The molecule has 3 aromatic rings. The summed E-state index contributed by atoms with van der Waals surface area (Å²) >= 11 is 1.25. The number of aliphatic imine (C=N–C) groups is 1. The van der Waals surface area contributed by atoms with Gasteiger partial charge in [0.05, 0.1) is 20.3 Å². The van der Waals surface area contributed by atoms with E-state index >= 15 is 0 Å². The van der Waals surface area contributed by atoms with Gasteiger partial charge in [-0.1, -0.05) is 17.3 Å². The minimum Gasteiger partial charge on any atom is -0.369 e. The van der Waals surface area contributed by atoms with Gasteiger partial charge in [-0.3, -0.25) is 4.31 Å². The molecule has 2 atom stereocenters. The molecule has 0 saturated carbocycles. The van der Waals surface area contributed by atoms with Crippen LogP contribution in [0, 0.1) is 12.7 Å². The first-order valence-electron chi connectivity index (χ1n) is 8.74. The molecule has 4 rings (SSSR count). The number of hydrogen-bond donors (Lipinski definition) is 1. The fourth-order valence-electron chi connectivity index (χ4n) is 3.28. The van der Waals surface area contributed by atoms with Gasteiger partial charge in [0.2, 0.25) is 5.96 Å². The van der Waals surface area contributed by atoms with E-state index in [-0.39, 0.29) is 11.7 Å². The predicted molar refractivity (Wildman–Crippen MR) is 115 cm³/mol. The van der Waals surface area contributed by atoms with E-state index in [0.29, 0.717) is 21.5 Å². The van der Waals surface area contributed by atoms with E-state index in [9.17, 15) is 8.60 Å². The number of rotatable bonds is 3. The van der Waals surface area contributed by atoms with Crippen molar-refractivity contribution >= 4 is 32.9 Å². The number of aromatic nitrogens is 2. The molecule has 10 heteroatoms. The average Bonchev–Trinajstić information content (AvgIpc) is 3.26. The highest BCUT2D eigenvalue weighted by molar-refractivity contribution is 7.98. The third-order valence-corrected chi connectivity index (χ3v) is 8.40. The van der Waals surface area contributed by atoms with Crippen LogP contribution in [0.3, 0.4) is 0 Å². The number of aryl methyl sites for hydroxylation is 1. The molecule has 0 bridgehead atoms. The fraction of sp³-hybridized carbons (Fsp3) is 0.263. The molecule has 1 aliphatic rings. The van der Waals surface area contributed by atoms with Gasteiger partial charge in [0.25, 0.3) is 5.89 Å². The number of hydrogen-bond acceptors (Lipinski definition) is 7. The van der Waals surface area contributed by atoms with Crippen LogP contribution in [0.4, 0.5) is 4.39 Å². The Labute approximate surface area is 172 Å². The van der Waals surface area contributed by atoms with Crippen molar-refractivity contribution in [2.45, 2.75) is 19.4 Å². The number of guanidine groups is 1. The maximum Gasteiger partial charge on any atom is 0.257 e. The summed E-state index contributed by atoms with van der Waals surface area (Å²) in [6.45, 7) is 3.47. The van der Waals surface area contributed by atoms with Gasteiger partial charge in [0.1, 0.15) is 11.4 Å². The van der Waals surface area contributed by atoms with E-state index in [0.717, 1.165) is 11.1 Å². The van der Waals surface area contributed by atoms with Crippen LogP contribution >= 0.6 is 11.3 Å². The van der Waals surface area contributed by atoms with E-state index in [4.69, 9.17) is 10.3 Å². The number of halogens is 1. The van der Waals surface area contributed by atoms with Gasteiger partial charge < -0.3 is 10.3 Å². The SMILES string of the molecule is C=S1(=O)C[C@@](C)(c2sc(-c3cccc(-c4nc(C)no4)c3)cc2F)N=C(N)N1C. The molecule has 1 aliphatic heterocycles.